The number of benzene rings is 2. The van der Waals surface area contributed by atoms with Gasteiger partial charge in [-0.05, 0) is 35.4 Å². The largest absolute Gasteiger partial charge is 0.462 e. The Morgan fingerprint density at radius 2 is 1.95 bits per heavy atom. The van der Waals surface area contributed by atoms with Crippen LogP contribution in [0.25, 0.3) is 16.8 Å². The van der Waals surface area contributed by atoms with Crippen molar-refractivity contribution in [1.29, 1.82) is 0 Å². The van der Waals surface area contributed by atoms with E-state index in [1.807, 2.05) is 36.4 Å². The summed E-state index contributed by atoms with van der Waals surface area (Å²) in [6.07, 6.45) is 3.31. The van der Waals surface area contributed by atoms with Crippen molar-refractivity contribution in [2.24, 2.45) is 0 Å². The Morgan fingerprint density at radius 1 is 1.21 bits per heavy atom. The highest BCUT2D eigenvalue weighted by Crippen LogP contribution is 2.18. The highest BCUT2D eigenvalue weighted by Gasteiger charge is 2.06. The van der Waals surface area contributed by atoms with Crippen molar-refractivity contribution in [3.05, 3.63) is 66.3 Å². The van der Waals surface area contributed by atoms with Crippen LogP contribution >= 0.6 is 0 Å². The minimum absolute atomic E-state index is 0.342. The lowest BCUT2D eigenvalue weighted by atomic mass is 10.1. The van der Waals surface area contributed by atoms with Gasteiger partial charge >= 0.3 is 5.97 Å². The summed E-state index contributed by atoms with van der Waals surface area (Å²) >= 11 is 0. The van der Waals surface area contributed by atoms with Gasteiger partial charge in [0.05, 0.1) is 12.2 Å². The number of hydrogen-bond acceptors (Lipinski definition) is 2. The first-order chi connectivity index (χ1) is 9.24. The molecule has 0 heterocycles. The van der Waals surface area contributed by atoms with Crippen LogP contribution in [0.3, 0.4) is 0 Å². The van der Waals surface area contributed by atoms with Crippen molar-refractivity contribution in [3.63, 3.8) is 0 Å². The molecule has 0 spiro atoms. The fourth-order valence-electron chi connectivity index (χ4n) is 1.89. The third-order valence-electron chi connectivity index (χ3n) is 2.83. The van der Waals surface area contributed by atoms with Crippen molar-refractivity contribution < 1.29 is 9.53 Å². The second-order valence-corrected chi connectivity index (χ2v) is 4.13. The van der Waals surface area contributed by atoms with E-state index in [4.69, 9.17) is 4.74 Å². The fourth-order valence-corrected chi connectivity index (χ4v) is 1.89. The highest BCUT2D eigenvalue weighted by atomic mass is 16.5. The van der Waals surface area contributed by atoms with Crippen molar-refractivity contribution in [1.82, 2.24) is 0 Å². The number of hydrogen-bond donors (Lipinski definition) is 0. The number of carbonyl (C=O) groups excluding carboxylic acids is 1. The molecule has 0 atom stereocenters. The Bertz CT molecular complexity index is 639. The van der Waals surface area contributed by atoms with Gasteiger partial charge in [-0.15, -0.1) is 0 Å². The lowest BCUT2D eigenvalue weighted by molar-refractivity contribution is -0.138. The van der Waals surface area contributed by atoms with E-state index in [1.165, 1.54) is 11.5 Å². The lowest BCUT2D eigenvalue weighted by Gasteiger charge is -2.03. The Balaban J connectivity index is 2.37. The molecule has 0 N–H and O–H groups in total. The van der Waals surface area contributed by atoms with Crippen LogP contribution in [0, 0.1) is 0 Å². The molecule has 0 unspecified atom stereocenters. The van der Waals surface area contributed by atoms with E-state index in [0.717, 1.165) is 10.9 Å². The molecule has 0 radical (unpaired) electrons. The summed E-state index contributed by atoms with van der Waals surface area (Å²) in [5.41, 5.74) is 1.43. The molecule has 0 amide bonds. The van der Waals surface area contributed by atoms with Gasteiger partial charge in [0.25, 0.3) is 0 Å². The topological polar surface area (TPSA) is 26.3 Å². The SMILES string of the molecule is C=CC(=Cc1ccc2ccccc2c1)C(=O)OCC. The second kappa shape index (κ2) is 6.01. The average molecular weight is 252 g/mol. The minimum Gasteiger partial charge on any atom is -0.462 e. The normalized spacial score (nSPS) is 11.3. The van der Waals surface area contributed by atoms with Gasteiger partial charge in [0.1, 0.15) is 0 Å². The summed E-state index contributed by atoms with van der Waals surface area (Å²) in [5.74, 6) is -0.342. The third kappa shape index (κ3) is 3.10. The van der Waals surface area contributed by atoms with E-state index in [-0.39, 0.29) is 5.97 Å². The quantitative estimate of drug-likeness (QED) is 0.467. The molecule has 2 aromatic carbocycles. The van der Waals surface area contributed by atoms with Gasteiger partial charge in [-0.3, -0.25) is 0 Å². The zero-order chi connectivity index (χ0) is 13.7. The molecule has 2 rings (SSSR count). The Morgan fingerprint density at radius 3 is 2.63 bits per heavy atom. The van der Waals surface area contributed by atoms with Gasteiger partial charge in [-0.2, -0.15) is 0 Å². The first-order valence-electron chi connectivity index (χ1n) is 6.24. The fraction of sp³-hybridized carbons (Fsp3) is 0.118. The number of carbonyl (C=O) groups is 1. The van der Waals surface area contributed by atoms with Crippen LogP contribution in [0.5, 0.6) is 0 Å². The Hall–Kier alpha value is -2.35. The monoisotopic (exact) mass is 252 g/mol. The van der Waals surface area contributed by atoms with Crippen LogP contribution in [-0.2, 0) is 9.53 Å². The van der Waals surface area contributed by atoms with E-state index in [0.29, 0.717) is 12.2 Å². The summed E-state index contributed by atoms with van der Waals surface area (Å²) in [6.45, 7) is 5.80. The molecule has 0 aliphatic rings. The Labute approximate surface area is 113 Å². The van der Waals surface area contributed by atoms with Gasteiger partial charge in [-0.25, -0.2) is 4.79 Å². The Kier molecular flexibility index (Phi) is 4.14. The molecule has 0 saturated heterocycles. The maximum atomic E-state index is 11.7. The smallest absolute Gasteiger partial charge is 0.338 e. The summed E-state index contributed by atoms with van der Waals surface area (Å²) in [4.78, 5) is 11.7. The van der Waals surface area contributed by atoms with Gasteiger partial charge < -0.3 is 4.74 Å². The van der Waals surface area contributed by atoms with Crippen LogP contribution in [0.15, 0.2) is 60.7 Å². The number of rotatable bonds is 4. The molecule has 0 aliphatic carbocycles. The molecule has 19 heavy (non-hydrogen) atoms. The molecule has 0 aliphatic heterocycles. The predicted octanol–water partition coefficient (Wildman–Crippen LogP) is 3.97. The van der Waals surface area contributed by atoms with Gasteiger partial charge in [0.15, 0.2) is 0 Å². The van der Waals surface area contributed by atoms with Gasteiger partial charge in [0, 0.05) is 0 Å². The maximum absolute atomic E-state index is 11.7. The van der Waals surface area contributed by atoms with Crippen LogP contribution in [0.4, 0.5) is 0 Å². The van der Waals surface area contributed by atoms with Crippen molar-refractivity contribution >= 4 is 22.8 Å². The summed E-state index contributed by atoms with van der Waals surface area (Å²) < 4.78 is 4.98. The summed E-state index contributed by atoms with van der Waals surface area (Å²) in [5, 5.41) is 2.32. The molecule has 2 nitrogen and oxygen atoms in total. The number of ether oxygens (including phenoxy) is 1. The first-order valence-corrected chi connectivity index (χ1v) is 6.24. The van der Waals surface area contributed by atoms with Crippen LogP contribution in [0.2, 0.25) is 0 Å². The molecule has 0 saturated carbocycles. The zero-order valence-electron chi connectivity index (χ0n) is 10.9. The molecular weight excluding hydrogens is 236 g/mol. The van der Waals surface area contributed by atoms with E-state index < -0.39 is 0 Å². The average Bonchev–Trinajstić information content (AvgIpc) is 2.44. The van der Waals surface area contributed by atoms with Crippen molar-refractivity contribution in [2.45, 2.75) is 6.92 Å². The molecule has 0 aromatic heterocycles. The predicted molar refractivity (Wildman–Crippen MR) is 78.8 cm³/mol. The third-order valence-corrected chi connectivity index (χ3v) is 2.83. The number of fused-ring (bicyclic) bond motifs is 1. The van der Waals surface area contributed by atoms with Crippen LogP contribution < -0.4 is 0 Å². The maximum Gasteiger partial charge on any atom is 0.338 e. The van der Waals surface area contributed by atoms with Crippen LogP contribution in [0.1, 0.15) is 12.5 Å². The molecule has 0 fully saturated rings. The lowest BCUT2D eigenvalue weighted by Crippen LogP contribution is -2.05. The van der Waals surface area contributed by atoms with Crippen molar-refractivity contribution in [2.75, 3.05) is 6.61 Å². The molecule has 0 bridgehead atoms. The molecular formula is C17H16O2. The molecule has 2 heteroatoms. The second-order valence-electron chi connectivity index (χ2n) is 4.13. The first kappa shape index (κ1) is 13.1. The van der Waals surface area contributed by atoms with E-state index in [1.54, 1.807) is 13.0 Å². The van der Waals surface area contributed by atoms with Gasteiger partial charge in [-0.1, -0.05) is 49.1 Å². The summed E-state index contributed by atoms with van der Waals surface area (Å²) in [6, 6.07) is 14.2. The standard InChI is InChI=1S/C17H16O2/c1-3-14(17(18)19-4-2)11-13-9-10-15-7-5-6-8-16(15)12-13/h3,5-12H,1,4H2,2H3. The minimum atomic E-state index is -0.342. The summed E-state index contributed by atoms with van der Waals surface area (Å²) in [7, 11) is 0. The van der Waals surface area contributed by atoms with Crippen molar-refractivity contribution in [3.8, 4) is 0 Å². The zero-order valence-corrected chi connectivity index (χ0v) is 10.9. The van der Waals surface area contributed by atoms with E-state index in [9.17, 15) is 4.79 Å². The molecule has 2 aromatic rings. The van der Waals surface area contributed by atoms with E-state index >= 15 is 0 Å². The number of esters is 1. The highest BCUT2D eigenvalue weighted by molar-refractivity contribution is 5.97. The molecule has 96 valence electrons. The van der Waals surface area contributed by atoms with Gasteiger partial charge in [0.2, 0.25) is 0 Å². The van der Waals surface area contributed by atoms with E-state index in [2.05, 4.69) is 12.6 Å². The van der Waals surface area contributed by atoms with Crippen LogP contribution in [-0.4, -0.2) is 12.6 Å².